The van der Waals surface area contributed by atoms with E-state index >= 15 is 0 Å². The summed E-state index contributed by atoms with van der Waals surface area (Å²) in [5, 5.41) is 11.7. The second kappa shape index (κ2) is 10.5. The van der Waals surface area contributed by atoms with E-state index in [0.29, 0.717) is 29.3 Å². The van der Waals surface area contributed by atoms with E-state index in [0.717, 1.165) is 40.7 Å². The number of nitrogens with zero attached hydrogens (tertiary/aromatic N) is 3. The molecule has 3 N–H and O–H groups in total. The third-order valence-electron chi connectivity index (χ3n) is 6.34. The van der Waals surface area contributed by atoms with Crippen LogP contribution in [0, 0.1) is 0 Å². The Hall–Kier alpha value is -4.05. The zero-order valence-electron chi connectivity index (χ0n) is 21.2. The average molecular weight is 506 g/mol. The molecule has 2 aromatic carbocycles. The van der Waals surface area contributed by atoms with Gasteiger partial charge in [-0.3, -0.25) is 5.32 Å². The predicted molar refractivity (Wildman–Crippen MR) is 139 cm³/mol. The number of benzene rings is 2. The summed E-state index contributed by atoms with van der Waals surface area (Å²) in [6, 6.07) is 13.9. The minimum Gasteiger partial charge on any atom is -0.484 e. The van der Waals surface area contributed by atoms with Crippen molar-refractivity contribution >= 4 is 28.4 Å². The second-order valence-corrected chi connectivity index (χ2v) is 9.36. The third-order valence-corrected chi connectivity index (χ3v) is 6.34. The number of carbonyl (C=O) groups is 1. The van der Waals surface area contributed by atoms with Gasteiger partial charge in [0, 0.05) is 35.9 Å². The van der Waals surface area contributed by atoms with Crippen LogP contribution in [-0.4, -0.2) is 34.1 Å². The fourth-order valence-electron chi connectivity index (χ4n) is 4.47. The van der Waals surface area contributed by atoms with Gasteiger partial charge >= 0.3 is 6.09 Å². The standard InChI is InChI=1S/C27H31N5O5/c1-16(2)36-27(33)29-18-9-7-17(8-10-18)26-25(28)21-12-11-20(13-22(21)32(26)19-5-4-6-19)35-15-24-31-30-23(37-24)14-34-3/h7-13,16,19H,4-6,14-15,28H2,1-3H3,(H,29,33). The Bertz CT molecular complexity index is 1390. The van der Waals surface area contributed by atoms with Gasteiger partial charge in [-0.1, -0.05) is 12.1 Å². The summed E-state index contributed by atoms with van der Waals surface area (Å²) in [6.45, 7) is 4.04. The van der Waals surface area contributed by atoms with Crippen molar-refractivity contribution in [2.24, 2.45) is 0 Å². The summed E-state index contributed by atoms with van der Waals surface area (Å²) in [4.78, 5) is 12.0. The normalized spacial score (nSPS) is 13.6. The Morgan fingerprint density at radius 1 is 1.14 bits per heavy atom. The van der Waals surface area contributed by atoms with Gasteiger partial charge in [0.2, 0.25) is 5.89 Å². The van der Waals surface area contributed by atoms with Crippen LogP contribution in [0.2, 0.25) is 0 Å². The molecule has 1 amide bonds. The van der Waals surface area contributed by atoms with E-state index in [4.69, 9.17) is 24.4 Å². The highest BCUT2D eigenvalue weighted by atomic mass is 16.6. The minimum atomic E-state index is -0.478. The summed E-state index contributed by atoms with van der Waals surface area (Å²) in [7, 11) is 1.57. The van der Waals surface area contributed by atoms with E-state index in [2.05, 4.69) is 20.1 Å². The molecule has 0 atom stereocenters. The Labute approximate surface area is 214 Å². The van der Waals surface area contributed by atoms with Crippen molar-refractivity contribution in [2.45, 2.75) is 58.5 Å². The first-order valence-electron chi connectivity index (χ1n) is 12.4. The summed E-state index contributed by atoms with van der Waals surface area (Å²) in [5.41, 5.74) is 11.0. The van der Waals surface area contributed by atoms with E-state index in [1.54, 1.807) is 7.11 Å². The fourth-order valence-corrected chi connectivity index (χ4v) is 4.47. The maximum Gasteiger partial charge on any atom is 0.411 e. The number of methoxy groups -OCH3 is 1. The van der Waals surface area contributed by atoms with Crippen LogP contribution in [0.4, 0.5) is 16.2 Å². The monoisotopic (exact) mass is 505 g/mol. The largest absolute Gasteiger partial charge is 0.484 e. The van der Waals surface area contributed by atoms with Crippen molar-refractivity contribution in [3.05, 3.63) is 54.2 Å². The molecule has 0 unspecified atom stereocenters. The third kappa shape index (κ3) is 5.24. The van der Waals surface area contributed by atoms with Gasteiger partial charge in [-0.05, 0) is 57.4 Å². The van der Waals surface area contributed by atoms with Gasteiger partial charge in [0.1, 0.15) is 12.4 Å². The smallest absolute Gasteiger partial charge is 0.411 e. The number of aromatic nitrogens is 3. The Morgan fingerprint density at radius 3 is 2.51 bits per heavy atom. The molecular formula is C27H31N5O5. The molecule has 0 spiro atoms. The molecule has 2 heterocycles. The number of nitrogens with two attached hydrogens (primary N) is 1. The average Bonchev–Trinajstić information content (AvgIpc) is 3.39. The number of rotatable bonds is 9. The van der Waals surface area contributed by atoms with Gasteiger partial charge in [-0.2, -0.15) is 0 Å². The number of amides is 1. The van der Waals surface area contributed by atoms with E-state index in [9.17, 15) is 4.79 Å². The quantitative estimate of drug-likeness (QED) is 0.297. The lowest BCUT2D eigenvalue weighted by Crippen LogP contribution is -2.18. The molecule has 1 fully saturated rings. The Morgan fingerprint density at radius 2 is 1.86 bits per heavy atom. The molecule has 1 aliphatic rings. The first-order valence-corrected chi connectivity index (χ1v) is 12.4. The summed E-state index contributed by atoms with van der Waals surface area (Å²) in [6.07, 6.45) is 2.69. The maximum atomic E-state index is 12.0. The van der Waals surface area contributed by atoms with Crippen LogP contribution >= 0.6 is 0 Å². The predicted octanol–water partition coefficient (Wildman–Crippen LogP) is 5.68. The number of fused-ring (bicyclic) bond motifs is 1. The summed E-state index contributed by atoms with van der Waals surface area (Å²) >= 11 is 0. The molecule has 37 heavy (non-hydrogen) atoms. The van der Waals surface area contributed by atoms with E-state index < -0.39 is 6.09 Å². The summed E-state index contributed by atoms with van der Waals surface area (Å²) < 4.78 is 24.0. The van der Waals surface area contributed by atoms with Gasteiger partial charge in [0.05, 0.1) is 23.0 Å². The molecule has 0 radical (unpaired) electrons. The van der Waals surface area contributed by atoms with Gasteiger partial charge in [0.25, 0.3) is 5.89 Å². The molecule has 4 aromatic rings. The molecule has 194 valence electrons. The maximum absolute atomic E-state index is 12.0. The van der Waals surface area contributed by atoms with E-state index in [1.165, 1.54) is 6.42 Å². The van der Waals surface area contributed by atoms with Gasteiger partial charge in [-0.15, -0.1) is 10.2 Å². The van der Waals surface area contributed by atoms with Crippen LogP contribution in [0.25, 0.3) is 22.2 Å². The Balaban J connectivity index is 1.43. The van der Waals surface area contributed by atoms with Crippen LogP contribution < -0.4 is 15.8 Å². The number of nitrogen functional groups attached to an aromatic ring is 1. The topological polar surface area (TPSA) is 127 Å². The highest BCUT2D eigenvalue weighted by molar-refractivity contribution is 6.01. The summed E-state index contributed by atoms with van der Waals surface area (Å²) in [5.74, 6) is 1.48. The van der Waals surface area contributed by atoms with Crippen molar-refractivity contribution in [2.75, 3.05) is 18.2 Å². The molecule has 5 rings (SSSR count). The van der Waals surface area contributed by atoms with Crippen molar-refractivity contribution in [3.8, 4) is 17.0 Å². The van der Waals surface area contributed by atoms with E-state index in [1.807, 2.05) is 56.3 Å². The highest BCUT2D eigenvalue weighted by Crippen LogP contribution is 2.45. The molecular weight excluding hydrogens is 474 g/mol. The van der Waals surface area contributed by atoms with Crippen LogP contribution in [0.5, 0.6) is 5.75 Å². The van der Waals surface area contributed by atoms with Crippen LogP contribution in [0.15, 0.2) is 46.9 Å². The van der Waals surface area contributed by atoms with Crippen molar-refractivity contribution < 1.29 is 23.4 Å². The molecule has 1 saturated carbocycles. The highest BCUT2D eigenvalue weighted by Gasteiger charge is 2.27. The minimum absolute atomic E-state index is 0.155. The van der Waals surface area contributed by atoms with Crippen LogP contribution in [-0.2, 0) is 22.7 Å². The van der Waals surface area contributed by atoms with Crippen molar-refractivity contribution in [1.29, 1.82) is 0 Å². The number of ether oxygens (including phenoxy) is 3. The molecule has 0 bridgehead atoms. The van der Waals surface area contributed by atoms with Gasteiger partial charge < -0.3 is 28.9 Å². The first kappa shape index (κ1) is 24.6. The van der Waals surface area contributed by atoms with Crippen LogP contribution in [0.1, 0.15) is 50.9 Å². The zero-order chi connectivity index (χ0) is 25.9. The van der Waals surface area contributed by atoms with Crippen LogP contribution in [0.3, 0.4) is 0 Å². The lowest BCUT2D eigenvalue weighted by molar-refractivity contribution is 0.130. The van der Waals surface area contributed by atoms with Gasteiger partial charge in [0.15, 0.2) is 6.61 Å². The zero-order valence-corrected chi connectivity index (χ0v) is 21.2. The molecule has 1 aliphatic carbocycles. The lowest BCUT2D eigenvalue weighted by atomic mass is 9.92. The molecule has 2 aromatic heterocycles. The van der Waals surface area contributed by atoms with E-state index in [-0.39, 0.29) is 19.3 Å². The fraction of sp³-hybridized carbons (Fsp3) is 0.370. The molecule has 10 nitrogen and oxygen atoms in total. The van der Waals surface area contributed by atoms with Gasteiger partial charge in [-0.25, -0.2) is 4.79 Å². The number of hydrogen-bond donors (Lipinski definition) is 2. The number of nitrogens with one attached hydrogen (secondary N) is 1. The second-order valence-electron chi connectivity index (χ2n) is 9.36. The SMILES string of the molecule is COCc1nnc(COc2ccc3c(N)c(-c4ccc(NC(=O)OC(C)C)cc4)n(C4CCC4)c3c2)o1. The molecule has 0 saturated heterocycles. The Kier molecular flexibility index (Phi) is 7.00. The molecule has 0 aliphatic heterocycles. The number of anilines is 2. The number of hydrogen-bond acceptors (Lipinski definition) is 8. The first-order chi connectivity index (χ1) is 17.9. The van der Waals surface area contributed by atoms with Crippen molar-refractivity contribution in [1.82, 2.24) is 14.8 Å². The lowest BCUT2D eigenvalue weighted by Gasteiger charge is -2.30. The van der Waals surface area contributed by atoms with Crippen molar-refractivity contribution in [3.63, 3.8) is 0 Å². The molecule has 10 heteroatoms. The number of carbonyl (C=O) groups excluding carboxylic acids is 1.